The van der Waals surface area contributed by atoms with Crippen molar-refractivity contribution in [2.24, 2.45) is 5.92 Å². The Kier molecular flexibility index (Phi) is 5.98. The average Bonchev–Trinajstić information content (AvgIpc) is 3.02. The summed E-state index contributed by atoms with van der Waals surface area (Å²) in [5.74, 6) is 0.0894. The first-order chi connectivity index (χ1) is 14.5. The van der Waals surface area contributed by atoms with Gasteiger partial charge < -0.3 is 4.90 Å². The molecule has 4 rings (SSSR count). The zero-order valence-corrected chi connectivity index (χ0v) is 17.5. The number of piperidine rings is 1. The van der Waals surface area contributed by atoms with Crippen molar-refractivity contribution < 1.29 is 14.4 Å². The average molecular weight is 405 g/mol. The van der Waals surface area contributed by atoms with Gasteiger partial charge in [-0.1, -0.05) is 42.0 Å². The molecule has 0 unspecified atom stereocenters. The molecule has 3 amide bonds. The van der Waals surface area contributed by atoms with E-state index in [9.17, 15) is 14.4 Å². The van der Waals surface area contributed by atoms with Gasteiger partial charge in [-0.15, -0.1) is 0 Å². The molecule has 0 saturated carbocycles. The van der Waals surface area contributed by atoms with E-state index in [2.05, 4.69) is 31.2 Å². The second-order valence-electron chi connectivity index (χ2n) is 8.41. The van der Waals surface area contributed by atoms with Crippen LogP contribution in [0.5, 0.6) is 0 Å². The first kappa shape index (κ1) is 20.3. The Morgan fingerprint density at radius 3 is 2.13 bits per heavy atom. The Balaban J connectivity index is 1.22. The predicted octanol–water partition coefficient (Wildman–Crippen LogP) is 3.85. The summed E-state index contributed by atoms with van der Waals surface area (Å²) >= 11 is 0. The number of hydrogen-bond donors (Lipinski definition) is 0. The summed E-state index contributed by atoms with van der Waals surface area (Å²) in [4.78, 5) is 40.6. The summed E-state index contributed by atoms with van der Waals surface area (Å²) in [6.45, 7) is 3.78. The van der Waals surface area contributed by atoms with Gasteiger partial charge in [-0.25, -0.2) is 0 Å². The van der Waals surface area contributed by atoms with Gasteiger partial charge in [0.2, 0.25) is 5.91 Å². The highest BCUT2D eigenvalue weighted by Crippen LogP contribution is 2.25. The number of nitrogens with zero attached hydrogens (tertiary/aromatic N) is 2. The number of hydrogen-bond acceptors (Lipinski definition) is 3. The lowest BCUT2D eigenvalue weighted by molar-refractivity contribution is -0.132. The van der Waals surface area contributed by atoms with Crippen molar-refractivity contribution >= 4 is 17.7 Å². The van der Waals surface area contributed by atoms with Gasteiger partial charge in [-0.05, 0) is 56.2 Å². The van der Waals surface area contributed by atoms with Gasteiger partial charge in [0.15, 0.2) is 0 Å². The van der Waals surface area contributed by atoms with E-state index in [1.54, 1.807) is 24.3 Å². The maximum Gasteiger partial charge on any atom is 0.261 e. The van der Waals surface area contributed by atoms with Crippen LogP contribution in [-0.2, 0) is 11.2 Å². The minimum Gasteiger partial charge on any atom is -0.343 e. The number of amides is 3. The lowest BCUT2D eigenvalue weighted by Gasteiger charge is -2.32. The van der Waals surface area contributed by atoms with Crippen LogP contribution in [0.1, 0.15) is 57.5 Å². The van der Waals surface area contributed by atoms with Gasteiger partial charge in [0.1, 0.15) is 0 Å². The summed E-state index contributed by atoms with van der Waals surface area (Å²) in [5, 5.41) is 0. The zero-order chi connectivity index (χ0) is 21.1. The standard InChI is InChI=1S/C25H28N2O3/c1-18-6-8-19(9-7-18)10-11-20-12-15-26(16-13-20)23(28)14-17-27-24(29)21-4-2-3-5-22(21)25(27)30/h2-9,20H,10-17H2,1H3. The molecule has 2 aromatic rings. The largest absolute Gasteiger partial charge is 0.343 e. The van der Waals surface area contributed by atoms with E-state index in [1.165, 1.54) is 16.0 Å². The van der Waals surface area contributed by atoms with E-state index in [4.69, 9.17) is 0 Å². The fourth-order valence-corrected chi connectivity index (χ4v) is 4.40. The molecule has 5 heteroatoms. The molecule has 0 aromatic heterocycles. The molecular weight excluding hydrogens is 376 g/mol. The van der Waals surface area contributed by atoms with E-state index >= 15 is 0 Å². The summed E-state index contributed by atoms with van der Waals surface area (Å²) in [6, 6.07) is 15.6. The summed E-state index contributed by atoms with van der Waals surface area (Å²) < 4.78 is 0. The number of imide groups is 1. The maximum atomic E-state index is 12.6. The van der Waals surface area contributed by atoms with E-state index < -0.39 is 0 Å². The molecule has 1 saturated heterocycles. The van der Waals surface area contributed by atoms with Crippen LogP contribution < -0.4 is 0 Å². The maximum absolute atomic E-state index is 12.6. The Hall–Kier alpha value is -2.95. The second-order valence-corrected chi connectivity index (χ2v) is 8.41. The number of rotatable bonds is 6. The highest BCUT2D eigenvalue weighted by atomic mass is 16.2. The molecule has 156 valence electrons. The Bertz CT molecular complexity index is 908. The highest BCUT2D eigenvalue weighted by molar-refractivity contribution is 6.21. The Morgan fingerprint density at radius 1 is 0.933 bits per heavy atom. The van der Waals surface area contributed by atoms with Crippen LogP contribution >= 0.6 is 0 Å². The SMILES string of the molecule is Cc1ccc(CCC2CCN(C(=O)CCN3C(=O)c4ccccc4C3=O)CC2)cc1. The van der Waals surface area contributed by atoms with Crippen molar-refractivity contribution in [1.82, 2.24) is 9.80 Å². The van der Waals surface area contributed by atoms with E-state index in [0.29, 0.717) is 17.0 Å². The number of likely N-dealkylation sites (tertiary alicyclic amines) is 1. The normalized spacial score (nSPS) is 16.8. The number of carbonyl (C=O) groups excluding carboxylic acids is 3. The summed E-state index contributed by atoms with van der Waals surface area (Å²) in [6.07, 6.45) is 4.47. The fraction of sp³-hybridized carbons (Fsp3) is 0.400. The topological polar surface area (TPSA) is 57.7 Å². The van der Waals surface area contributed by atoms with Crippen molar-refractivity contribution in [3.8, 4) is 0 Å². The number of carbonyl (C=O) groups is 3. The molecule has 2 aliphatic heterocycles. The minimum atomic E-state index is -0.293. The van der Waals surface area contributed by atoms with Crippen LogP contribution in [0.2, 0.25) is 0 Å². The van der Waals surface area contributed by atoms with Gasteiger partial charge in [0.05, 0.1) is 11.1 Å². The number of aryl methyl sites for hydroxylation is 2. The zero-order valence-electron chi connectivity index (χ0n) is 17.5. The predicted molar refractivity (Wildman–Crippen MR) is 115 cm³/mol. The molecule has 0 aliphatic carbocycles. The number of benzene rings is 2. The van der Waals surface area contributed by atoms with Crippen molar-refractivity contribution in [2.75, 3.05) is 19.6 Å². The monoisotopic (exact) mass is 404 g/mol. The second kappa shape index (κ2) is 8.82. The van der Waals surface area contributed by atoms with Gasteiger partial charge in [0.25, 0.3) is 11.8 Å². The van der Waals surface area contributed by atoms with Crippen molar-refractivity contribution in [1.29, 1.82) is 0 Å². The summed E-state index contributed by atoms with van der Waals surface area (Å²) in [5.41, 5.74) is 3.53. The lowest BCUT2D eigenvalue weighted by Crippen LogP contribution is -2.41. The van der Waals surface area contributed by atoms with Crippen LogP contribution in [0.15, 0.2) is 48.5 Å². The molecule has 0 N–H and O–H groups in total. The Morgan fingerprint density at radius 2 is 1.53 bits per heavy atom. The third-order valence-corrected chi connectivity index (χ3v) is 6.36. The molecule has 2 aromatic carbocycles. The van der Waals surface area contributed by atoms with E-state index in [1.807, 2.05) is 4.90 Å². The Labute approximate surface area is 177 Å². The molecule has 30 heavy (non-hydrogen) atoms. The minimum absolute atomic E-state index is 0.0311. The third-order valence-electron chi connectivity index (χ3n) is 6.36. The van der Waals surface area contributed by atoms with E-state index in [0.717, 1.165) is 38.8 Å². The molecule has 0 radical (unpaired) electrons. The smallest absolute Gasteiger partial charge is 0.261 e. The van der Waals surface area contributed by atoms with Gasteiger partial charge in [0, 0.05) is 26.1 Å². The van der Waals surface area contributed by atoms with Crippen molar-refractivity contribution in [3.63, 3.8) is 0 Å². The first-order valence-electron chi connectivity index (χ1n) is 10.8. The molecule has 1 fully saturated rings. The van der Waals surface area contributed by atoms with Crippen molar-refractivity contribution in [2.45, 2.75) is 39.0 Å². The van der Waals surface area contributed by atoms with Crippen LogP contribution in [-0.4, -0.2) is 47.2 Å². The molecule has 2 aliphatic rings. The van der Waals surface area contributed by atoms with Crippen molar-refractivity contribution in [3.05, 3.63) is 70.8 Å². The van der Waals surface area contributed by atoms with Crippen LogP contribution in [0.25, 0.3) is 0 Å². The third kappa shape index (κ3) is 4.30. The van der Waals surface area contributed by atoms with Gasteiger partial charge in [-0.2, -0.15) is 0 Å². The van der Waals surface area contributed by atoms with Crippen LogP contribution in [0, 0.1) is 12.8 Å². The number of fused-ring (bicyclic) bond motifs is 1. The van der Waals surface area contributed by atoms with E-state index in [-0.39, 0.29) is 30.7 Å². The lowest BCUT2D eigenvalue weighted by atomic mass is 9.90. The fourth-order valence-electron chi connectivity index (χ4n) is 4.40. The highest BCUT2D eigenvalue weighted by Gasteiger charge is 2.35. The quantitative estimate of drug-likeness (QED) is 0.687. The van der Waals surface area contributed by atoms with Gasteiger partial charge in [-0.3, -0.25) is 19.3 Å². The molecule has 0 atom stereocenters. The van der Waals surface area contributed by atoms with Crippen LogP contribution in [0.4, 0.5) is 0 Å². The molecule has 0 spiro atoms. The summed E-state index contributed by atoms with van der Waals surface area (Å²) in [7, 11) is 0. The molecule has 2 heterocycles. The molecule has 0 bridgehead atoms. The first-order valence-corrected chi connectivity index (χ1v) is 10.8. The van der Waals surface area contributed by atoms with Gasteiger partial charge >= 0.3 is 0 Å². The van der Waals surface area contributed by atoms with Crippen LogP contribution in [0.3, 0.4) is 0 Å². The molecular formula is C25H28N2O3. The molecule has 5 nitrogen and oxygen atoms in total.